The van der Waals surface area contributed by atoms with Gasteiger partial charge < -0.3 is 18.9 Å². The second kappa shape index (κ2) is 13.9. The van der Waals surface area contributed by atoms with Gasteiger partial charge in [0, 0.05) is 6.42 Å². The number of nitrogens with one attached hydrogen (secondary N) is 1. The van der Waals surface area contributed by atoms with Gasteiger partial charge in [0.2, 0.25) is 5.91 Å². The zero-order valence-electron chi connectivity index (χ0n) is 22.7. The number of benzene rings is 3. The number of amides is 2. The molecule has 206 valence electrons. The normalized spacial score (nSPS) is 14.7. The molecule has 7 nitrogen and oxygen atoms in total. The van der Waals surface area contributed by atoms with Gasteiger partial charge >= 0.3 is 0 Å². The van der Waals surface area contributed by atoms with Gasteiger partial charge in [0.15, 0.2) is 0 Å². The number of imide groups is 1. The van der Waals surface area contributed by atoms with Crippen LogP contribution < -0.4 is 24.3 Å². The maximum absolute atomic E-state index is 12.1. The first-order chi connectivity index (χ1) is 19.0. The van der Waals surface area contributed by atoms with E-state index in [1.807, 2.05) is 60.7 Å². The van der Waals surface area contributed by atoms with Gasteiger partial charge in [-0.05, 0) is 89.8 Å². The van der Waals surface area contributed by atoms with E-state index < -0.39 is 5.25 Å². The number of rotatable bonds is 14. The van der Waals surface area contributed by atoms with Crippen molar-refractivity contribution in [3.05, 3.63) is 77.4 Å². The minimum atomic E-state index is -0.499. The van der Waals surface area contributed by atoms with Crippen LogP contribution >= 0.6 is 11.8 Å². The summed E-state index contributed by atoms with van der Waals surface area (Å²) < 4.78 is 23.4. The van der Waals surface area contributed by atoms with Gasteiger partial charge in [-0.15, -0.1) is 0 Å². The Morgan fingerprint density at radius 1 is 0.769 bits per heavy atom. The molecule has 3 aromatic carbocycles. The molecular formula is C31H35NO6S. The molecule has 39 heavy (non-hydrogen) atoms. The number of carbonyl (C=O) groups is 2. The molecule has 1 fully saturated rings. The third-order valence-corrected chi connectivity index (χ3v) is 7.28. The Labute approximate surface area is 234 Å². The van der Waals surface area contributed by atoms with Crippen molar-refractivity contribution in [2.24, 2.45) is 0 Å². The number of thioether (sulfide) groups is 1. The topological polar surface area (TPSA) is 83.1 Å². The van der Waals surface area contributed by atoms with Crippen LogP contribution in [0.4, 0.5) is 4.79 Å². The summed E-state index contributed by atoms with van der Waals surface area (Å²) >= 11 is 1.02. The van der Waals surface area contributed by atoms with E-state index in [2.05, 4.69) is 19.2 Å². The van der Waals surface area contributed by atoms with Crippen molar-refractivity contribution in [1.82, 2.24) is 5.32 Å². The van der Waals surface area contributed by atoms with Crippen molar-refractivity contribution in [3.8, 4) is 28.7 Å². The van der Waals surface area contributed by atoms with Crippen LogP contribution in [0.5, 0.6) is 28.7 Å². The number of carbonyl (C=O) groups excluding carboxylic acids is 2. The van der Waals surface area contributed by atoms with Gasteiger partial charge in [-0.3, -0.25) is 14.9 Å². The Morgan fingerprint density at radius 2 is 1.36 bits per heavy atom. The standard InChI is InChI=1S/C31H35NO6S/c1-4-7-21-19-23(29-30(33)32-31(34)39-29)9-15-27(21)36-17-6-18-37-28-16-14-26(20-22(28)8-5-2)38-25-12-10-24(35-3)11-13-25/h9-16,19-20,29H,4-8,17-18H2,1-3H3,(H,32,33,34). The molecule has 4 rings (SSSR count). The van der Waals surface area contributed by atoms with E-state index in [4.69, 9.17) is 18.9 Å². The Hall–Kier alpha value is -3.65. The van der Waals surface area contributed by atoms with Crippen LogP contribution in [0.1, 0.15) is 55.1 Å². The molecule has 1 N–H and O–H groups in total. The highest BCUT2D eigenvalue weighted by molar-refractivity contribution is 8.15. The number of hydrogen-bond acceptors (Lipinski definition) is 7. The fourth-order valence-corrected chi connectivity index (χ4v) is 5.19. The van der Waals surface area contributed by atoms with E-state index in [0.29, 0.717) is 13.2 Å². The van der Waals surface area contributed by atoms with Crippen molar-refractivity contribution in [3.63, 3.8) is 0 Å². The average Bonchev–Trinajstić information content (AvgIpc) is 3.28. The van der Waals surface area contributed by atoms with E-state index in [0.717, 1.165) is 89.3 Å². The highest BCUT2D eigenvalue weighted by Crippen LogP contribution is 2.36. The quantitative estimate of drug-likeness (QED) is 0.212. The van der Waals surface area contributed by atoms with Gasteiger partial charge in [0.1, 0.15) is 34.0 Å². The van der Waals surface area contributed by atoms with Gasteiger partial charge in [-0.1, -0.05) is 38.8 Å². The minimum absolute atomic E-state index is 0.263. The minimum Gasteiger partial charge on any atom is -0.497 e. The third-order valence-electron chi connectivity index (χ3n) is 6.25. The molecule has 0 radical (unpaired) electrons. The fraction of sp³-hybridized carbons (Fsp3) is 0.355. The SMILES string of the molecule is CCCc1cc(Oc2ccc(OC)cc2)ccc1OCCCOc1ccc(C2SC(=O)NC2=O)cc1CCC. The van der Waals surface area contributed by atoms with Crippen molar-refractivity contribution in [2.75, 3.05) is 20.3 Å². The van der Waals surface area contributed by atoms with Gasteiger partial charge in [-0.25, -0.2) is 0 Å². The van der Waals surface area contributed by atoms with E-state index in [1.54, 1.807) is 7.11 Å². The fourth-order valence-electron chi connectivity index (χ4n) is 4.37. The smallest absolute Gasteiger partial charge is 0.286 e. The molecule has 0 aromatic heterocycles. The summed E-state index contributed by atoms with van der Waals surface area (Å²) in [7, 11) is 1.64. The summed E-state index contributed by atoms with van der Waals surface area (Å²) in [6.07, 6.45) is 4.39. The summed E-state index contributed by atoms with van der Waals surface area (Å²) in [5.74, 6) is 3.71. The summed E-state index contributed by atoms with van der Waals surface area (Å²) in [5.41, 5.74) is 2.98. The van der Waals surface area contributed by atoms with Crippen LogP contribution in [-0.4, -0.2) is 31.5 Å². The maximum atomic E-state index is 12.1. The van der Waals surface area contributed by atoms with Crippen LogP contribution in [0.15, 0.2) is 60.7 Å². The van der Waals surface area contributed by atoms with Crippen LogP contribution in [-0.2, 0) is 17.6 Å². The van der Waals surface area contributed by atoms with Gasteiger partial charge in [0.05, 0.1) is 20.3 Å². The first-order valence-corrected chi connectivity index (χ1v) is 14.2. The zero-order chi connectivity index (χ0) is 27.6. The van der Waals surface area contributed by atoms with E-state index in [-0.39, 0.29) is 11.1 Å². The summed E-state index contributed by atoms with van der Waals surface area (Å²) in [6.45, 7) is 5.28. The molecule has 2 amide bonds. The summed E-state index contributed by atoms with van der Waals surface area (Å²) in [5, 5.41) is 1.55. The highest BCUT2D eigenvalue weighted by Gasteiger charge is 2.33. The van der Waals surface area contributed by atoms with E-state index >= 15 is 0 Å². The second-order valence-electron chi connectivity index (χ2n) is 9.24. The first-order valence-electron chi connectivity index (χ1n) is 13.4. The average molecular weight is 550 g/mol. The molecule has 1 saturated heterocycles. The molecule has 0 bridgehead atoms. The Bertz CT molecular complexity index is 1280. The Balaban J connectivity index is 1.31. The Morgan fingerprint density at radius 3 is 1.95 bits per heavy atom. The largest absolute Gasteiger partial charge is 0.497 e. The number of methoxy groups -OCH3 is 1. The lowest BCUT2D eigenvalue weighted by Crippen LogP contribution is -2.20. The van der Waals surface area contributed by atoms with Crippen molar-refractivity contribution >= 4 is 22.9 Å². The molecule has 1 aliphatic heterocycles. The van der Waals surface area contributed by atoms with Crippen molar-refractivity contribution in [2.45, 2.75) is 51.2 Å². The zero-order valence-corrected chi connectivity index (χ0v) is 23.5. The van der Waals surface area contributed by atoms with E-state index in [1.165, 1.54) is 0 Å². The van der Waals surface area contributed by atoms with Gasteiger partial charge in [0.25, 0.3) is 5.24 Å². The molecule has 0 aliphatic carbocycles. The van der Waals surface area contributed by atoms with E-state index in [9.17, 15) is 9.59 Å². The predicted octanol–water partition coefficient (Wildman–Crippen LogP) is 7.26. The predicted molar refractivity (Wildman–Crippen MR) is 153 cm³/mol. The highest BCUT2D eigenvalue weighted by atomic mass is 32.2. The molecule has 0 saturated carbocycles. The molecular weight excluding hydrogens is 514 g/mol. The first kappa shape index (κ1) is 28.4. The molecule has 1 aliphatic rings. The number of ether oxygens (including phenoxy) is 4. The maximum Gasteiger partial charge on any atom is 0.286 e. The molecule has 8 heteroatoms. The molecule has 0 spiro atoms. The lowest BCUT2D eigenvalue weighted by molar-refractivity contribution is -0.119. The summed E-state index contributed by atoms with van der Waals surface area (Å²) in [6, 6.07) is 19.2. The van der Waals surface area contributed by atoms with Crippen LogP contribution in [0, 0.1) is 0 Å². The van der Waals surface area contributed by atoms with Crippen LogP contribution in [0.2, 0.25) is 0 Å². The molecule has 1 atom stereocenters. The molecule has 3 aromatic rings. The van der Waals surface area contributed by atoms with Crippen molar-refractivity contribution < 1.29 is 28.5 Å². The summed E-state index contributed by atoms with van der Waals surface area (Å²) in [4.78, 5) is 23.7. The lowest BCUT2D eigenvalue weighted by atomic mass is 10.0. The molecule has 1 heterocycles. The second-order valence-corrected chi connectivity index (χ2v) is 10.3. The Kier molecular flexibility index (Phi) is 10.1. The van der Waals surface area contributed by atoms with Crippen molar-refractivity contribution in [1.29, 1.82) is 0 Å². The van der Waals surface area contributed by atoms with Crippen LogP contribution in [0.25, 0.3) is 0 Å². The monoisotopic (exact) mass is 549 g/mol. The third kappa shape index (κ3) is 7.69. The number of aryl methyl sites for hydroxylation is 2. The lowest BCUT2D eigenvalue weighted by Gasteiger charge is -2.16. The number of hydrogen-bond donors (Lipinski definition) is 1. The molecule has 1 unspecified atom stereocenters. The van der Waals surface area contributed by atoms with Crippen LogP contribution in [0.3, 0.4) is 0 Å². The van der Waals surface area contributed by atoms with Gasteiger partial charge in [-0.2, -0.15) is 0 Å².